The van der Waals surface area contributed by atoms with Crippen LogP contribution in [0, 0.1) is 12.8 Å². The number of pyridine rings is 1. The topological polar surface area (TPSA) is 66.9 Å². The number of hydrogen-bond donors (Lipinski definition) is 1. The minimum absolute atomic E-state index is 0.128. The van der Waals surface area contributed by atoms with Gasteiger partial charge in [-0.05, 0) is 51.5 Å². The molecule has 0 atom stereocenters. The number of carbonyl (C=O) groups excluding carboxylic acids is 1. The fourth-order valence-electron chi connectivity index (χ4n) is 5.18. The first-order chi connectivity index (χ1) is 15.1. The first-order valence-electron chi connectivity index (χ1n) is 12.0. The maximum absolute atomic E-state index is 11.9. The van der Waals surface area contributed by atoms with Gasteiger partial charge >= 0.3 is 0 Å². The van der Waals surface area contributed by atoms with E-state index in [1.54, 1.807) is 7.11 Å². The normalized spacial score (nSPS) is 24.0. The summed E-state index contributed by atoms with van der Waals surface area (Å²) in [7, 11) is 1.64. The molecule has 2 aliphatic heterocycles. The molecule has 7 heteroatoms. The average molecular weight is 431 g/mol. The van der Waals surface area contributed by atoms with Gasteiger partial charge in [0.25, 0.3) is 0 Å². The highest BCUT2D eigenvalue weighted by molar-refractivity contribution is 5.76. The number of hydrogen-bond acceptors (Lipinski definition) is 6. The Morgan fingerprint density at radius 2 is 2.00 bits per heavy atom. The van der Waals surface area contributed by atoms with Crippen molar-refractivity contribution in [2.75, 3.05) is 57.9 Å². The molecule has 0 aromatic carbocycles. The molecule has 1 aliphatic carbocycles. The summed E-state index contributed by atoms with van der Waals surface area (Å²) in [6.07, 6.45) is 7.41. The Morgan fingerprint density at radius 3 is 2.74 bits per heavy atom. The molecule has 1 N–H and O–H groups in total. The van der Waals surface area contributed by atoms with E-state index in [4.69, 9.17) is 14.5 Å². The third-order valence-corrected chi connectivity index (χ3v) is 7.07. The number of amides is 1. The van der Waals surface area contributed by atoms with Gasteiger partial charge in [0.1, 0.15) is 11.6 Å². The van der Waals surface area contributed by atoms with Crippen molar-refractivity contribution in [3.8, 4) is 5.75 Å². The van der Waals surface area contributed by atoms with Crippen molar-refractivity contribution in [2.24, 2.45) is 5.92 Å². The second-order valence-corrected chi connectivity index (χ2v) is 9.31. The molecule has 2 fully saturated rings. The van der Waals surface area contributed by atoms with Crippen molar-refractivity contribution in [2.45, 2.75) is 57.9 Å². The Labute approximate surface area is 186 Å². The predicted octanol–water partition coefficient (Wildman–Crippen LogP) is 2.55. The Kier molecular flexibility index (Phi) is 7.67. The molecule has 1 saturated carbocycles. The number of aromatic nitrogens is 1. The predicted molar refractivity (Wildman–Crippen MR) is 122 cm³/mol. The molecule has 0 radical (unpaired) electrons. The van der Waals surface area contributed by atoms with Crippen LogP contribution in [0.15, 0.2) is 6.07 Å². The third-order valence-electron chi connectivity index (χ3n) is 7.07. The van der Waals surface area contributed by atoms with Crippen LogP contribution in [-0.4, -0.2) is 74.9 Å². The second kappa shape index (κ2) is 10.6. The van der Waals surface area contributed by atoms with Crippen LogP contribution >= 0.6 is 0 Å². The lowest BCUT2D eigenvalue weighted by atomic mass is 9.84. The first kappa shape index (κ1) is 22.3. The van der Waals surface area contributed by atoms with Crippen molar-refractivity contribution in [3.05, 3.63) is 17.3 Å². The van der Waals surface area contributed by atoms with Gasteiger partial charge in [-0.3, -0.25) is 9.69 Å². The quantitative estimate of drug-likeness (QED) is 0.684. The van der Waals surface area contributed by atoms with Crippen molar-refractivity contribution >= 4 is 11.7 Å². The summed E-state index contributed by atoms with van der Waals surface area (Å²) >= 11 is 0. The van der Waals surface area contributed by atoms with Gasteiger partial charge in [-0.25, -0.2) is 4.98 Å². The monoisotopic (exact) mass is 430 g/mol. The van der Waals surface area contributed by atoms with Crippen LogP contribution in [0.2, 0.25) is 0 Å². The number of nitrogens with zero attached hydrogens (tertiary/aromatic N) is 3. The van der Waals surface area contributed by atoms with E-state index in [1.807, 2.05) is 0 Å². The standard InChI is InChI=1S/C24H38N4O3/c1-18-17-22-21(8-16-31-22)24(25-18)28-13-11-27(12-14-28)10-7-19-3-5-20(6-4-19)26-23(29)9-15-30-2/h17,19-20H,3-16H2,1-2H3,(H,26,29)/t19-,20-. The number of aryl methyl sites for hydroxylation is 1. The summed E-state index contributed by atoms with van der Waals surface area (Å²) in [5.74, 6) is 3.11. The molecule has 172 valence electrons. The zero-order valence-electron chi connectivity index (χ0n) is 19.2. The van der Waals surface area contributed by atoms with Gasteiger partial charge in [0, 0.05) is 69.5 Å². The van der Waals surface area contributed by atoms with E-state index in [0.29, 0.717) is 19.1 Å². The van der Waals surface area contributed by atoms with Crippen LogP contribution < -0.4 is 15.0 Å². The number of rotatable bonds is 8. The molecule has 7 nitrogen and oxygen atoms in total. The summed E-state index contributed by atoms with van der Waals surface area (Å²) in [5.41, 5.74) is 2.34. The van der Waals surface area contributed by atoms with Gasteiger partial charge < -0.3 is 19.7 Å². The van der Waals surface area contributed by atoms with Crippen LogP contribution in [0.4, 0.5) is 5.82 Å². The Morgan fingerprint density at radius 1 is 1.23 bits per heavy atom. The molecule has 1 aromatic rings. The summed E-state index contributed by atoms with van der Waals surface area (Å²) in [6, 6.07) is 2.43. The lowest BCUT2D eigenvalue weighted by molar-refractivity contribution is -0.122. The van der Waals surface area contributed by atoms with E-state index in [-0.39, 0.29) is 5.91 Å². The van der Waals surface area contributed by atoms with Gasteiger partial charge in [0.05, 0.1) is 13.2 Å². The second-order valence-electron chi connectivity index (χ2n) is 9.31. The molecule has 1 aromatic heterocycles. The molecule has 1 saturated heterocycles. The van der Waals surface area contributed by atoms with Crippen molar-refractivity contribution in [1.29, 1.82) is 0 Å². The van der Waals surface area contributed by atoms with Crippen LogP contribution in [-0.2, 0) is 16.0 Å². The minimum atomic E-state index is 0.128. The average Bonchev–Trinajstić information content (AvgIpc) is 3.25. The number of anilines is 1. The van der Waals surface area contributed by atoms with Gasteiger partial charge in [-0.15, -0.1) is 0 Å². The zero-order chi connectivity index (χ0) is 21.6. The smallest absolute Gasteiger partial charge is 0.222 e. The van der Waals surface area contributed by atoms with E-state index in [9.17, 15) is 4.79 Å². The summed E-state index contributed by atoms with van der Waals surface area (Å²) in [4.78, 5) is 21.8. The molecule has 0 unspecified atom stereocenters. The van der Waals surface area contributed by atoms with Gasteiger partial charge in [-0.1, -0.05) is 0 Å². The number of methoxy groups -OCH3 is 1. The Bertz CT molecular complexity index is 741. The zero-order valence-corrected chi connectivity index (χ0v) is 19.2. The van der Waals surface area contributed by atoms with Crippen molar-refractivity contribution in [1.82, 2.24) is 15.2 Å². The van der Waals surface area contributed by atoms with Crippen LogP contribution in [0.3, 0.4) is 0 Å². The van der Waals surface area contributed by atoms with Crippen LogP contribution in [0.25, 0.3) is 0 Å². The van der Waals surface area contributed by atoms with Crippen molar-refractivity contribution < 1.29 is 14.3 Å². The molecule has 1 amide bonds. The van der Waals surface area contributed by atoms with E-state index in [0.717, 1.165) is 75.2 Å². The lowest BCUT2D eigenvalue weighted by Crippen LogP contribution is -2.47. The number of nitrogens with one attached hydrogen (secondary N) is 1. The summed E-state index contributed by atoms with van der Waals surface area (Å²) < 4.78 is 10.8. The maximum atomic E-state index is 11.9. The Hall–Kier alpha value is -1.86. The van der Waals surface area contributed by atoms with Gasteiger partial charge in [-0.2, -0.15) is 0 Å². The van der Waals surface area contributed by atoms with E-state index < -0.39 is 0 Å². The minimum Gasteiger partial charge on any atom is -0.493 e. The first-order valence-corrected chi connectivity index (χ1v) is 12.0. The molecule has 4 rings (SSSR count). The third kappa shape index (κ3) is 5.89. The fraction of sp³-hybridized carbons (Fsp3) is 0.750. The van der Waals surface area contributed by atoms with Crippen molar-refractivity contribution in [3.63, 3.8) is 0 Å². The number of carbonyl (C=O) groups is 1. The number of ether oxygens (including phenoxy) is 2. The Balaban J connectivity index is 1.16. The van der Waals surface area contributed by atoms with E-state index in [1.165, 1.54) is 31.4 Å². The van der Waals surface area contributed by atoms with E-state index in [2.05, 4.69) is 28.1 Å². The van der Waals surface area contributed by atoms with Gasteiger partial charge in [0.2, 0.25) is 5.91 Å². The molecule has 3 aliphatic rings. The number of piperazine rings is 1. The molecular weight excluding hydrogens is 392 g/mol. The molecular formula is C24H38N4O3. The summed E-state index contributed by atoms with van der Waals surface area (Å²) in [6.45, 7) is 8.84. The maximum Gasteiger partial charge on any atom is 0.222 e. The lowest BCUT2D eigenvalue weighted by Gasteiger charge is -2.37. The van der Waals surface area contributed by atoms with Crippen LogP contribution in [0.5, 0.6) is 5.75 Å². The van der Waals surface area contributed by atoms with E-state index >= 15 is 0 Å². The molecule has 3 heterocycles. The number of fused-ring (bicyclic) bond motifs is 1. The highest BCUT2D eigenvalue weighted by Gasteiger charge is 2.26. The highest BCUT2D eigenvalue weighted by atomic mass is 16.5. The fourth-order valence-corrected chi connectivity index (χ4v) is 5.18. The largest absolute Gasteiger partial charge is 0.493 e. The van der Waals surface area contributed by atoms with Crippen LogP contribution in [0.1, 0.15) is 49.8 Å². The van der Waals surface area contributed by atoms with Gasteiger partial charge in [0.15, 0.2) is 0 Å². The summed E-state index contributed by atoms with van der Waals surface area (Å²) in [5, 5.41) is 3.17. The molecule has 31 heavy (non-hydrogen) atoms. The highest BCUT2D eigenvalue weighted by Crippen LogP contribution is 2.34. The SMILES string of the molecule is COCCC(=O)N[C@H]1CC[C@H](CCN2CCN(c3nc(C)cc4c3CCO4)CC2)CC1. The molecule has 0 spiro atoms. The molecule has 0 bridgehead atoms.